The van der Waals surface area contributed by atoms with Gasteiger partial charge in [0.05, 0.1) is 6.61 Å². The van der Waals surface area contributed by atoms with E-state index in [1.807, 2.05) is 0 Å². The Morgan fingerprint density at radius 1 is 1.31 bits per heavy atom. The molecule has 9 heteroatoms. The minimum Gasteiger partial charge on any atom is -0.381 e. The zero-order valence-electron chi connectivity index (χ0n) is 9.21. The van der Waals surface area contributed by atoms with Crippen LogP contribution in [0.1, 0.15) is 0 Å². The highest BCUT2D eigenvalue weighted by molar-refractivity contribution is 9.12. The van der Waals surface area contributed by atoms with Gasteiger partial charge in [0.1, 0.15) is 13.5 Å². The lowest BCUT2D eigenvalue weighted by Crippen LogP contribution is -2.30. The van der Waals surface area contributed by atoms with E-state index in [1.165, 1.54) is 14.1 Å². The third-order valence-electron chi connectivity index (χ3n) is 1.86. The molecule has 0 aliphatic rings. The Hall–Kier alpha value is 0.990. The van der Waals surface area contributed by atoms with Gasteiger partial charge in [-0.05, 0) is 14.1 Å². The first-order chi connectivity index (χ1) is 7.42. The molecular weight excluding hydrogens is 367 g/mol. The minimum atomic E-state index is -3.35. The van der Waals surface area contributed by atoms with Crippen molar-refractivity contribution >= 4 is 39.5 Å². The predicted octanol–water partition coefficient (Wildman–Crippen LogP) is 1.03. The fourth-order valence-corrected chi connectivity index (χ4v) is 2.97. The summed E-state index contributed by atoms with van der Waals surface area (Å²) in [5, 5.41) is 18.6. The summed E-state index contributed by atoms with van der Waals surface area (Å²) in [6.07, 6.45) is 0. The van der Waals surface area contributed by atoms with E-state index in [1.54, 1.807) is 0 Å². The highest BCUT2D eigenvalue weighted by Gasteiger charge is 2.34. The first-order valence-corrected chi connectivity index (χ1v) is 8.08. The van der Waals surface area contributed by atoms with Crippen molar-refractivity contribution in [2.24, 2.45) is 0 Å². The average Bonchev–Trinajstić information content (AvgIpc) is 2.32. The van der Waals surface area contributed by atoms with Gasteiger partial charge in [-0.3, -0.25) is 4.57 Å². The van der Waals surface area contributed by atoms with Crippen molar-refractivity contribution in [1.82, 2.24) is 9.34 Å². The molecule has 0 aromatic heterocycles. The van der Waals surface area contributed by atoms with Gasteiger partial charge in [0.25, 0.3) is 0 Å². The van der Waals surface area contributed by atoms with E-state index in [0.717, 1.165) is 9.34 Å². The van der Waals surface area contributed by atoms with Crippen LogP contribution in [-0.4, -0.2) is 63.9 Å². The third kappa shape index (κ3) is 4.70. The molecule has 0 saturated heterocycles. The van der Waals surface area contributed by atoms with Gasteiger partial charge in [0.2, 0.25) is 0 Å². The van der Waals surface area contributed by atoms with Crippen LogP contribution < -0.4 is 0 Å². The highest BCUT2D eigenvalue weighted by atomic mass is 79.9. The predicted molar refractivity (Wildman–Crippen MR) is 69.8 cm³/mol. The van der Waals surface area contributed by atoms with E-state index < -0.39 is 21.1 Å². The smallest absolute Gasteiger partial charge is 0.349 e. The molecule has 6 nitrogen and oxygen atoms in total. The molecular formula is C7H17Br2N2O4P. The number of aliphatic hydroxyl groups is 2. The fourth-order valence-electron chi connectivity index (χ4n) is 0.840. The number of halogens is 2. The lowest BCUT2D eigenvalue weighted by Gasteiger charge is -2.32. The molecule has 0 aliphatic heterocycles. The van der Waals surface area contributed by atoms with Crippen molar-refractivity contribution in [2.75, 3.05) is 39.5 Å². The van der Waals surface area contributed by atoms with Crippen molar-refractivity contribution in [3.05, 3.63) is 0 Å². The lowest BCUT2D eigenvalue weighted by atomic mass is 10.5. The van der Waals surface area contributed by atoms with E-state index in [2.05, 4.69) is 31.9 Å². The van der Waals surface area contributed by atoms with E-state index in [0.29, 0.717) is 5.33 Å². The second-order valence-corrected chi connectivity index (χ2v) is 7.68. The summed E-state index contributed by atoms with van der Waals surface area (Å²) in [6, 6.07) is 0. The Bertz CT molecular complexity index is 232. The molecule has 0 spiro atoms. The van der Waals surface area contributed by atoms with Gasteiger partial charge in [-0.2, -0.15) is 9.34 Å². The first kappa shape index (κ1) is 17.0. The molecule has 16 heavy (non-hydrogen) atoms. The topological polar surface area (TPSA) is 73.2 Å². The Balaban J connectivity index is 4.61. The van der Waals surface area contributed by atoms with Crippen LogP contribution in [0.15, 0.2) is 0 Å². The van der Waals surface area contributed by atoms with Crippen LogP contribution in [0.4, 0.5) is 0 Å². The van der Waals surface area contributed by atoms with E-state index in [9.17, 15) is 4.57 Å². The van der Waals surface area contributed by atoms with Crippen molar-refractivity contribution in [1.29, 1.82) is 0 Å². The summed E-state index contributed by atoms with van der Waals surface area (Å²) in [6.45, 7) is -0.622. The average molecular weight is 384 g/mol. The van der Waals surface area contributed by atoms with Crippen LogP contribution in [-0.2, 0) is 9.09 Å². The zero-order chi connectivity index (χ0) is 12.8. The summed E-state index contributed by atoms with van der Waals surface area (Å²) in [5.74, 6) is 0. The number of hydrogen-bond donors (Lipinski definition) is 2. The summed E-state index contributed by atoms with van der Waals surface area (Å²) in [7, 11) is -0.427. The quantitative estimate of drug-likeness (QED) is 0.370. The molecule has 0 bridgehead atoms. The number of rotatable bonds is 8. The van der Waals surface area contributed by atoms with E-state index >= 15 is 0 Å². The van der Waals surface area contributed by atoms with E-state index in [4.69, 9.17) is 14.7 Å². The summed E-state index contributed by atoms with van der Waals surface area (Å²) in [5.41, 5.74) is 0. The molecule has 0 aliphatic carbocycles. The SMILES string of the molecule is CN(CO)P(=O)(OCC(Br)CBr)N(C)CO. The summed E-state index contributed by atoms with van der Waals surface area (Å²) < 4.78 is 20.0. The Morgan fingerprint density at radius 3 is 2.06 bits per heavy atom. The van der Waals surface area contributed by atoms with Crippen LogP contribution in [0, 0.1) is 0 Å². The standard InChI is InChI=1S/C7H17Br2N2O4P/c1-10(5-12)16(14,11(2)6-13)15-4-7(9)3-8/h7,12-13H,3-6H2,1-2H3. The highest BCUT2D eigenvalue weighted by Crippen LogP contribution is 2.52. The van der Waals surface area contributed by atoms with Gasteiger partial charge in [-0.15, -0.1) is 0 Å². The molecule has 0 saturated carbocycles. The molecule has 0 fully saturated rings. The van der Waals surface area contributed by atoms with Gasteiger partial charge in [-0.1, -0.05) is 31.9 Å². The number of hydrogen-bond acceptors (Lipinski definition) is 4. The monoisotopic (exact) mass is 382 g/mol. The fraction of sp³-hybridized carbons (Fsp3) is 1.00. The Kier molecular flexibility index (Phi) is 8.66. The molecule has 2 N–H and O–H groups in total. The second-order valence-electron chi connectivity index (χ2n) is 3.14. The maximum Gasteiger partial charge on any atom is 0.349 e. The summed E-state index contributed by atoms with van der Waals surface area (Å²) in [4.78, 5) is 0.0139. The van der Waals surface area contributed by atoms with Gasteiger partial charge in [0.15, 0.2) is 0 Å². The normalized spacial score (nSPS) is 14.8. The maximum absolute atomic E-state index is 12.4. The Labute approximate surface area is 112 Å². The van der Waals surface area contributed by atoms with Crippen molar-refractivity contribution < 1.29 is 19.3 Å². The maximum atomic E-state index is 12.4. The van der Waals surface area contributed by atoms with Crippen LogP contribution in [0.5, 0.6) is 0 Å². The van der Waals surface area contributed by atoms with Gasteiger partial charge in [-0.25, -0.2) is 0 Å². The molecule has 98 valence electrons. The Morgan fingerprint density at radius 2 is 1.75 bits per heavy atom. The second kappa shape index (κ2) is 8.16. The van der Waals surface area contributed by atoms with Crippen molar-refractivity contribution in [3.63, 3.8) is 0 Å². The van der Waals surface area contributed by atoms with Crippen LogP contribution in [0.2, 0.25) is 0 Å². The van der Waals surface area contributed by atoms with Crippen LogP contribution >= 0.6 is 39.5 Å². The third-order valence-corrected chi connectivity index (χ3v) is 6.57. The zero-order valence-corrected chi connectivity index (χ0v) is 13.3. The number of nitrogens with zero attached hydrogens (tertiary/aromatic N) is 2. The van der Waals surface area contributed by atoms with E-state index in [-0.39, 0.29) is 11.4 Å². The molecule has 1 unspecified atom stereocenters. The van der Waals surface area contributed by atoms with Crippen LogP contribution in [0.25, 0.3) is 0 Å². The molecule has 0 aromatic rings. The first-order valence-electron chi connectivity index (χ1n) is 4.52. The molecule has 0 rings (SSSR count). The van der Waals surface area contributed by atoms with Gasteiger partial charge >= 0.3 is 7.67 Å². The minimum absolute atomic E-state index is 0.0139. The molecule has 1 atom stereocenters. The molecule has 0 radical (unpaired) electrons. The molecule has 0 aromatic carbocycles. The number of aliphatic hydroxyl groups excluding tert-OH is 2. The number of alkyl halides is 2. The van der Waals surface area contributed by atoms with Gasteiger partial charge < -0.3 is 14.7 Å². The van der Waals surface area contributed by atoms with Gasteiger partial charge in [0, 0.05) is 10.2 Å². The summed E-state index contributed by atoms with van der Waals surface area (Å²) >= 11 is 6.56. The van der Waals surface area contributed by atoms with Crippen molar-refractivity contribution in [3.8, 4) is 0 Å². The lowest BCUT2D eigenvalue weighted by molar-refractivity contribution is 0.123. The largest absolute Gasteiger partial charge is 0.381 e. The molecule has 0 heterocycles. The van der Waals surface area contributed by atoms with Crippen LogP contribution in [0.3, 0.4) is 0 Å². The van der Waals surface area contributed by atoms with Crippen molar-refractivity contribution in [2.45, 2.75) is 4.83 Å². The molecule has 0 amide bonds.